The lowest BCUT2D eigenvalue weighted by molar-refractivity contribution is -0.155. The van der Waals surface area contributed by atoms with Gasteiger partial charge in [0.1, 0.15) is 0 Å². The first kappa shape index (κ1) is 12.4. The third-order valence-corrected chi connectivity index (χ3v) is 2.08. The van der Waals surface area contributed by atoms with E-state index in [1.165, 1.54) is 0 Å². The minimum atomic E-state index is -1.63. The Kier molecular flexibility index (Phi) is 4.04. The summed E-state index contributed by atoms with van der Waals surface area (Å²) in [4.78, 5) is 11.0. The fraction of sp³-hybridized carbons (Fsp3) is 0.900. The van der Waals surface area contributed by atoms with Gasteiger partial charge in [0.05, 0.1) is 19.3 Å². The topological polar surface area (TPSA) is 44.8 Å². The van der Waals surface area contributed by atoms with Crippen LogP contribution in [0.1, 0.15) is 27.2 Å². The van der Waals surface area contributed by atoms with Crippen LogP contribution in [-0.2, 0) is 19.0 Å². The van der Waals surface area contributed by atoms with Crippen LogP contribution in [-0.4, -0.2) is 37.2 Å². The van der Waals surface area contributed by atoms with Gasteiger partial charge >= 0.3 is 5.97 Å². The molecule has 0 aromatic rings. The molecule has 1 aliphatic heterocycles. The molecule has 0 N–H and O–H groups in total. The summed E-state index contributed by atoms with van der Waals surface area (Å²) in [6, 6.07) is 0. The average molecular weight is 220 g/mol. The van der Waals surface area contributed by atoms with E-state index in [1.807, 2.05) is 0 Å². The highest BCUT2D eigenvalue weighted by Crippen LogP contribution is 2.25. The molecule has 1 fully saturated rings. The van der Waals surface area contributed by atoms with Crippen molar-refractivity contribution in [2.45, 2.75) is 45.3 Å². The first-order valence-electron chi connectivity index (χ1n) is 5.07. The van der Waals surface area contributed by atoms with E-state index in [4.69, 9.17) is 9.47 Å². The summed E-state index contributed by atoms with van der Waals surface area (Å²) < 4.78 is 28.5. The smallest absolute Gasteiger partial charge is 0.340 e. The third-order valence-electron chi connectivity index (χ3n) is 2.08. The minimum Gasteiger partial charge on any atom is -0.464 e. The standard InChI is InChI=1S/C10H17FO4/c1-4-13-9(12)8(11)5-7-6-14-10(2,3)15-7/h7-8H,4-6H2,1-3H3. The molecule has 5 heteroatoms. The zero-order valence-electron chi connectivity index (χ0n) is 9.29. The zero-order chi connectivity index (χ0) is 11.5. The number of rotatable bonds is 4. The average Bonchev–Trinajstić information content (AvgIpc) is 2.46. The molecule has 1 saturated heterocycles. The minimum absolute atomic E-state index is 0.0116. The summed E-state index contributed by atoms with van der Waals surface area (Å²) in [5.41, 5.74) is 0. The normalized spacial score (nSPS) is 26.3. The van der Waals surface area contributed by atoms with Gasteiger partial charge < -0.3 is 14.2 Å². The van der Waals surface area contributed by atoms with E-state index in [0.29, 0.717) is 6.61 Å². The molecule has 0 aliphatic carbocycles. The molecular weight excluding hydrogens is 203 g/mol. The van der Waals surface area contributed by atoms with E-state index >= 15 is 0 Å². The molecule has 1 aliphatic rings. The summed E-state index contributed by atoms with van der Waals surface area (Å²) in [5.74, 6) is -1.51. The van der Waals surface area contributed by atoms with Crippen molar-refractivity contribution in [1.29, 1.82) is 0 Å². The number of alkyl halides is 1. The van der Waals surface area contributed by atoms with Crippen LogP contribution in [0.4, 0.5) is 4.39 Å². The molecule has 0 radical (unpaired) electrons. The number of carbonyl (C=O) groups is 1. The Balaban J connectivity index is 2.33. The Morgan fingerprint density at radius 3 is 2.80 bits per heavy atom. The van der Waals surface area contributed by atoms with Gasteiger partial charge in [-0.3, -0.25) is 0 Å². The van der Waals surface area contributed by atoms with Crippen molar-refractivity contribution in [3.8, 4) is 0 Å². The number of halogens is 1. The molecule has 2 unspecified atom stereocenters. The first-order valence-corrected chi connectivity index (χ1v) is 5.07. The van der Waals surface area contributed by atoms with Crippen LogP contribution in [0.2, 0.25) is 0 Å². The summed E-state index contributed by atoms with van der Waals surface area (Å²) in [6.45, 7) is 5.65. The Hall–Kier alpha value is -0.680. The summed E-state index contributed by atoms with van der Waals surface area (Å²) >= 11 is 0. The highest BCUT2D eigenvalue weighted by atomic mass is 19.1. The molecular formula is C10H17FO4. The fourth-order valence-corrected chi connectivity index (χ4v) is 1.44. The van der Waals surface area contributed by atoms with Gasteiger partial charge in [0.15, 0.2) is 12.0 Å². The molecule has 0 aromatic heterocycles. The highest BCUT2D eigenvalue weighted by Gasteiger charge is 2.35. The number of hydrogen-bond donors (Lipinski definition) is 0. The van der Waals surface area contributed by atoms with E-state index in [9.17, 15) is 9.18 Å². The second kappa shape index (κ2) is 4.90. The van der Waals surface area contributed by atoms with Crippen molar-refractivity contribution in [1.82, 2.24) is 0 Å². The first-order chi connectivity index (χ1) is 6.94. The quantitative estimate of drug-likeness (QED) is 0.672. The highest BCUT2D eigenvalue weighted by molar-refractivity contribution is 5.74. The van der Waals surface area contributed by atoms with Crippen LogP contribution in [0.3, 0.4) is 0 Å². The molecule has 4 nitrogen and oxygen atoms in total. The van der Waals surface area contributed by atoms with Crippen LogP contribution in [0, 0.1) is 0 Å². The van der Waals surface area contributed by atoms with Crippen molar-refractivity contribution in [3.05, 3.63) is 0 Å². The number of hydrogen-bond acceptors (Lipinski definition) is 4. The largest absolute Gasteiger partial charge is 0.464 e. The van der Waals surface area contributed by atoms with Crippen molar-refractivity contribution >= 4 is 5.97 Å². The van der Waals surface area contributed by atoms with Gasteiger partial charge in [-0.1, -0.05) is 0 Å². The van der Waals surface area contributed by atoms with Gasteiger partial charge in [-0.05, 0) is 20.8 Å². The lowest BCUT2D eigenvalue weighted by Gasteiger charge is -2.17. The van der Waals surface area contributed by atoms with Crippen molar-refractivity contribution in [2.75, 3.05) is 13.2 Å². The van der Waals surface area contributed by atoms with Gasteiger partial charge in [-0.25, -0.2) is 9.18 Å². The molecule has 1 rings (SSSR count). The summed E-state index contributed by atoms with van der Waals surface area (Å²) in [5, 5.41) is 0. The Morgan fingerprint density at radius 1 is 1.67 bits per heavy atom. The number of carbonyl (C=O) groups excluding carboxylic acids is 1. The van der Waals surface area contributed by atoms with Crippen LogP contribution >= 0.6 is 0 Å². The molecule has 88 valence electrons. The van der Waals surface area contributed by atoms with Crippen LogP contribution in [0.15, 0.2) is 0 Å². The van der Waals surface area contributed by atoms with Crippen LogP contribution in [0.25, 0.3) is 0 Å². The molecule has 2 atom stereocenters. The second-order valence-electron chi connectivity index (χ2n) is 3.91. The van der Waals surface area contributed by atoms with Crippen LogP contribution in [0.5, 0.6) is 0 Å². The number of ether oxygens (including phenoxy) is 3. The Bertz CT molecular complexity index is 229. The maximum Gasteiger partial charge on any atom is 0.340 e. The van der Waals surface area contributed by atoms with Gasteiger partial charge in [-0.15, -0.1) is 0 Å². The second-order valence-corrected chi connectivity index (χ2v) is 3.91. The molecule has 0 aromatic carbocycles. The Morgan fingerprint density at radius 2 is 2.33 bits per heavy atom. The van der Waals surface area contributed by atoms with E-state index in [2.05, 4.69) is 4.74 Å². The summed E-state index contributed by atoms with van der Waals surface area (Å²) in [7, 11) is 0. The van der Waals surface area contributed by atoms with Gasteiger partial charge in [0.25, 0.3) is 0 Å². The van der Waals surface area contributed by atoms with Gasteiger partial charge in [0, 0.05) is 6.42 Å². The van der Waals surface area contributed by atoms with E-state index in [1.54, 1.807) is 20.8 Å². The molecule has 0 amide bonds. The van der Waals surface area contributed by atoms with E-state index in [0.717, 1.165) is 0 Å². The molecule has 0 spiro atoms. The Labute approximate surface area is 88.7 Å². The molecule has 0 saturated carbocycles. The maximum absolute atomic E-state index is 13.3. The van der Waals surface area contributed by atoms with Crippen molar-refractivity contribution < 1.29 is 23.4 Å². The van der Waals surface area contributed by atoms with Gasteiger partial charge in [-0.2, -0.15) is 0 Å². The fourth-order valence-electron chi connectivity index (χ4n) is 1.44. The molecule has 15 heavy (non-hydrogen) atoms. The van der Waals surface area contributed by atoms with E-state index < -0.39 is 17.9 Å². The predicted molar refractivity (Wildman–Crippen MR) is 51.1 cm³/mol. The monoisotopic (exact) mass is 220 g/mol. The lowest BCUT2D eigenvalue weighted by atomic mass is 10.2. The molecule has 1 heterocycles. The maximum atomic E-state index is 13.3. The van der Waals surface area contributed by atoms with E-state index in [-0.39, 0.29) is 19.1 Å². The summed E-state index contributed by atoms with van der Waals surface area (Å²) in [6.07, 6.45) is -2.02. The van der Waals surface area contributed by atoms with Crippen molar-refractivity contribution in [3.63, 3.8) is 0 Å². The predicted octanol–water partition coefficient (Wildman–Crippen LogP) is 1.43. The van der Waals surface area contributed by atoms with Crippen LogP contribution < -0.4 is 0 Å². The zero-order valence-corrected chi connectivity index (χ0v) is 9.29. The van der Waals surface area contributed by atoms with Crippen molar-refractivity contribution in [2.24, 2.45) is 0 Å². The third kappa shape index (κ3) is 3.76. The molecule has 0 bridgehead atoms. The lowest BCUT2D eigenvalue weighted by Crippen LogP contribution is -2.27. The SMILES string of the molecule is CCOC(=O)C(F)CC1COC(C)(C)O1. The van der Waals surface area contributed by atoms with Gasteiger partial charge in [0.2, 0.25) is 0 Å². The number of esters is 1.